The van der Waals surface area contributed by atoms with Crippen LogP contribution in [0.2, 0.25) is 0 Å². The second-order valence-corrected chi connectivity index (χ2v) is 8.26. The highest BCUT2D eigenvalue weighted by atomic mass is 32.2. The summed E-state index contributed by atoms with van der Waals surface area (Å²) in [5.74, 6) is 2.60. The molecule has 0 aliphatic carbocycles. The van der Waals surface area contributed by atoms with E-state index in [1.165, 1.54) is 23.7 Å². The molecule has 1 aromatic heterocycles. The van der Waals surface area contributed by atoms with Crippen LogP contribution >= 0.6 is 11.8 Å². The van der Waals surface area contributed by atoms with Crippen LogP contribution < -0.4 is 10.2 Å². The van der Waals surface area contributed by atoms with E-state index in [0.29, 0.717) is 17.6 Å². The van der Waals surface area contributed by atoms with Crippen molar-refractivity contribution in [2.24, 2.45) is 11.8 Å². The Morgan fingerprint density at radius 3 is 2.58 bits per heavy atom. The molecule has 1 N–H and O–H groups in total. The third-order valence-electron chi connectivity index (χ3n) is 4.51. The standard InChI is InChI=1S/C20H26N4OS/c1-14-4-6-17(7-5-14)23-19(25)12-26-20-9-18(21-13-22-20)24-10-15(2)8-16(3)11-24/h4-7,9,13,15-16H,8,10-12H2,1-3H3,(H,23,25)/t15-,16-/m0/s1. The fraction of sp³-hybridized carbons (Fsp3) is 0.450. The lowest BCUT2D eigenvalue weighted by Gasteiger charge is -2.35. The van der Waals surface area contributed by atoms with Gasteiger partial charge in [0.05, 0.1) is 5.75 Å². The molecule has 138 valence electrons. The quantitative estimate of drug-likeness (QED) is 0.637. The molecule has 0 saturated carbocycles. The van der Waals surface area contributed by atoms with Gasteiger partial charge in [-0.3, -0.25) is 4.79 Å². The molecule has 0 bridgehead atoms. The van der Waals surface area contributed by atoms with Crippen LogP contribution in [0.15, 0.2) is 41.7 Å². The highest BCUT2D eigenvalue weighted by Crippen LogP contribution is 2.27. The number of amides is 1. The molecule has 2 heterocycles. The first-order valence-corrected chi connectivity index (χ1v) is 10.0. The maximum Gasteiger partial charge on any atom is 0.234 e. The number of nitrogens with one attached hydrogen (secondary N) is 1. The zero-order valence-electron chi connectivity index (χ0n) is 15.6. The van der Waals surface area contributed by atoms with E-state index in [9.17, 15) is 4.79 Å². The van der Waals surface area contributed by atoms with Crippen LogP contribution in [0, 0.1) is 18.8 Å². The van der Waals surface area contributed by atoms with E-state index < -0.39 is 0 Å². The summed E-state index contributed by atoms with van der Waals surface area (Å²) >= 11 is 1.44. The van der Waals surface area contributed by atoms with Crippen molar-refractivity contribution in [2.75, 3.05) is 29.1 Å². The summed E-state index contributed by atoms with van der Waals surface area (Å²) in [7, 11) is 0. The predicted octanol–water partition coefficient (Wildman–Crippen LogP) is 4.00. The minimum absolute atomic E-state index is 0.0285. The summed E-state index contributed by atoms with van der Waals surface area (Å²) in [5.41, 5.74) is 1.99. The van der Waals surface area contributed by atoms with Crippen LogP contribution in [0.3, 0.4) is 0 Å². The summed E-state index contributed by atoms with van der Waals surface area (Å²) in [4.78, 5) is 23.2. The van der Waals surface area contributed by atoms with E-state index in [-0.39, 0.29) is 5.91 Å². The highest BCUT2D eigenvalue weighted by Gasteiger charge is 2.23. The molecule has 0 spiro atoms. The lowest BCUT2D eigenvalue weighted by atomic mass is 9.92. The second kappa shape index (κ2) is 8.54. The summed E-state index contributed by atoms with van der Waals surface area (Å²) in [6.45, 7) is 8.65. The Kier molecular flexibility index (Phi) is 6.14. The van der Waals surface area contributed by atoms with Crippen LogP contribution in [0.4, 0.5) is 11.5 Å². The molecule has 1 aliphatic heterocycles. The van der Waals surface area contributed by atoms with E-state index in [0.717, 1.165) is 29.6 Å². The maximum atomic E-state index is 12.2. The molecule has 1 fully saturated rings. The lowest BCUT2D eigenvalue weighted by molar-refractivity contribution is -0.113. The molecule has 5 nitrogen and oxygen atoms in total. The minimum atomic E-state index is -0.0285. The topological polar surface area (TPSA) is 58.1 Å². The molecule has 2 aromatic rings. The van der Waals surface area contributed by atoms with Crippen molar-refractivity contribution in [3.63, 3.8) is 0 Å². The highest BCUT2D eigenvalue weighted by molar-refractivity contribution is 7.99. The van der Waals surface area contributed by atoms with Gasteiger partial charge in [-0.25, -0.2) is 9.97 Å². The molecule has 3 rings (SSSR count). The van der Waals surface area contributed by atoms with Gasteiger partial charge in [0.1, 0.15) is 17.2 Å². The predicted molar refractivity (Wildman–Crippen MR) is 108 cm³/mol. The number of thioether (sulfide) groups is 1. The largest absolute Gasteiger partial charge is 0.356 e. The fourth-order valence-electron chi connectivity index (χ4n) is 3.41. The number of hydrogen-bond acceptors (Lipinski definition) is 5. The molecule has 1 aromatic carbocycles. The van der Waals surface area contributed by atoms with Gasteiger partial charge >= 0.3 is 0 Å². The molecule has 6 heteroatoms. The smallest absolute Gasteiger partial charge is 0.234 e. The van der Waals surface area contributed by atoms with Crippen LogP contribution in [-0.4, -0.2) is 34.7 Å². The number of carbonyl (C=O) groups excluding carboxylic acids is 1. The maximum absolute atomic E-state index is 12.2. The van der Waals surface area contributed by atoms with E-state index in [1.807, 2.05) is 37.3 Å². The Bertz CT molecular complexity index is 740. The van der Waals surface area contributed by atoms with Gasteiger partial charge in [0, 0.05) is 24.8 Å². The first kappa shape index (κ1) is 18.7. The Labute approximate surface area is 159 Å². The summed E-state index contributed by atoms with van der Waals surface area (Å²) in [5, 5.41) is 3.75. The van der Waals surface area contributed by atoms with Gasteiger partial charge in [0.2, 0.25) is 5.91 Å². The van der Waals surface area contributed by atoms with Crippen LogP contribution in [0.25, 0.3) is 0 Å². The SMILES string of the molecule is Cc1ccc(NC(=O)CSc2cc(N3C[C@@H](C)C[C@H](C)C3)ncn2)cc1. The molecule has 1 aliphatic rings. The Hall–Kier alpha value is -2.08. The third kappa shape index (κ3) is 5.21. The van der Waals surface area contributed by atoms with Gasteiger partial charge in [-0.05, 0) is 37.3 Å². The fourth-order valence-corrected chi connectivity index (χ4v) is 4.07. The van der Waals surface area contributed by atoms with E-state index in [4.69, 9.17) is 0 Å². The molecule has 1 amide bonds. The normalized spacial score (nSPS) is 20.0. The number of piperidine rings is 1. The van der Waals surface area contributed by atoms with Crippen molar-refractivity contribution < 1.29 is 4.79 Å². The number of rotatable bonds is 5. The summed E-state index contributed by atoms with van der Waals surface area (Å²) in [6, 6.07) is 9.80. The van der Waals surface area contributed by atoms with Crippen LogP contribution in [-0.2, 0) is 4.79 Å². The van der Waals surface area contributed by atoms with Gasteiger partial charge < -0.3 is 10.2 Å². The Morgan fingerprint density at radius 2 is 1.88 bits per heavy atom. The zero-order chi connectivity index (χ0) is 18.5. The lowest BCUT2D eigenvalue weighted by Crippen LogP contribution is -2.39. The number of carbonyl (C=O) groups is 1. The molecular formula is C20H26N4OS. The zero-order valence-corrected chi connectivity index (χ0v) is 16.4. The van der Waals surface area contributed by atoms with Gasteiger partial charge in [-0.1, -0.05) is 43.3 Å². The number of aryl methyl sites for hydroxylation is 1. The monoisotopic (exact) mass is 370 g/mol. The molecule has 0 unspecified atom stereocenters. The molecule has 26 heavy (non-hydrogen) atoms. The van der Waals surface area contributed by atoms with Gasteiger partial charge in [0.25, 0.3) is 0 Å². The van der Waals surface area contributed by atoms with E-state index in [1.54, 1.807) is 6.33 Å². The molecule has 0 radical (unpaired) electrons. The average molecular weight is 371 g/mol. The summed E-state index contributed by atoms with van der Waals surface area (Å²) in [6.07, 6.45) is 2.86. The number of benzene rings is 1. The number of nitrogens with zero attached hydrogens (tertiary/aromatic N) is 3. The van der Waals surface area contributed by atoms with E-state index in [2.05, 4.69) is 34.0 Å². The number of anilines is 2. The van der Waals surface area contributed by atoms with Crippen molar-refractivity contribution in [1.29, 1.82) is 0 Å². The number of hydrogen-bond donors (Lipinski definition) is 1. The van der Waals surface area contributed by atoms with Crippen molar-refractivity contribution in [1.82, 2.24) is 9.97 Å². The first-order valence-electron chi connectivity index (χ1n) is 9.06. The minimum Gasteiger partial charge on any atom is -0.356 e. The third-order valence-corrected chi connectivity index (χ3v) is 5.43. The van der Waals surface area contributed by atoms with Gasteiger partial charge in [-0.2, -0.15) is 0 Å². The summed E-state index contributed by atoms with van der Waals surface area (Å²) < 4.78 is 0. The number of aromatic nitrogens is 2. The van der Waals surface area contributed by atoms with Crippen LogP contribution in [0.1, 0.15) is 25.8 Å². The Morgan fingerprint density at radius 1 is 1.19 bits per heavy atom. The molecule has 1 saturated heterocycles. The van der Waals surface area contributed by atoms with Crippen LogP contribution in [0.5, 0.6) is 0 Å². The molecular weight excluding hydrogens is 344 g/mol. The van der Waals surface area contributed by atoms with Crippen molar-refractivity contribution >= 4 is 29.2 Å². The van der Waals surface area contributed by atoms with Crippen molar-refractivity contribution in [2.45, 2.75) is 32.2 Å². The van der Waals surface area contributed by atoms with Crippen molar-refractivity contribution in [3.05, 3.63) is 42.2 Å². The second-order valence-electron chi connectivity index (χ2n) is 7.27. The van der Waals surface area contributed by atoms with Gasteiger partial charge in [0.15, 0.2) is 0 Å². The van der Waals surface area contributed by atoms with E-state index >= 15 is 0 Å². The average Bonchev–Trinajstić information content (AvgIpc) is 2.61. The van der Waals surface area contributed by atoms with Gasteiger partial charge in [-0.15, -0.1) is 0 Å². The first-order chi connectivity index (χ1) is 12.5. The Balaban J connectivity index is 1.56. The van der Waals surface area contributed by atoms with Crippen molar-refractivity contribution in [3.8, 4) is 0 Å². The molecule has 2 atom stereocenters.